The predicted octanol–water partition coefficient (Wildman–Crippen LogP) is 4.29. The van der Waals surface area contributed by atoms with E-state index in [0.29, 0.717) is 10.2 Å². The molecule has 3 aromatic carbocycles. The Bertz CT molecular complexity index is 1190. The highest BCUT2D eigenvalue weighted by Gasteiger charge is 2.29. The summed E-state index contributed by atoms with van der Waals surface area (Å²) >= 11 is 3.31. The summed E-state index contributed by atoms with van der Waals surface area (Å²) in [6.45, 7) is 0. The number of sulfonamides is 1. The minimum atomic E-state index is -4.47. The maximum absolute atomic E-state index is 12.9. The lowest BCUT2D eigenvalue weighted by Gasteiger charge is -2.23. The number of nitrogens with zero attached hydrogens (tertiary/aromatic N) is 2. The molecule has 0 aliphatic heterocycles. The molecule has 0 unspecified atom stereocenters. The number of hydrogen-bond donors (Lipinski definition) is 2. The number of rotatable bonds is 6. The van der Waals surface area contributed by atoms with Crippen LogP contribution in [0, 0.1) is 10.1 Å². The average molecular weight is 491 g/mol. The molecule has 0 saturated carbocycles. The number of anilines is 2. The lowest BCUT2D eigenvalue weighted by molar-refractivity contribution is -0.387. The molecule has 0 radical (unpaired) electrons. The van der Waals surface area contributed by atoms with Crippen molar-refractivity contribution in [1.29, 1.82) is 0 Å². The first-order chi connectivity index (χ1) is 14.3. The lowest BCUT2D eigenvalue weighted by Crippen LogP contribution is -2.48. The molecular weight excluding hydrogens is 476 g/mol. The highest BCUT2D eigenvalue weighted by atomic mass is 79.9. The van der Waals surface area contributed by atoms with E-state index in [1.54, 1.807) is 42.5 Å². The summed E-state index contributed by atoms with van der Waals surface area (Å²) in [7, 11) is -4.47. The van der Waals surface area contributed by atoms with Gasteiger partial charge in [-0.25, -0.2) is 18.2 Å². The van der Waals surface area contributed by atoms with Crippen LogP contribution in [0.15, 0.2) is 88.2 Å². The molecule has 0 bridgehead atoms. The van der Waals surface area contributed by atoms with Gasteiger partial charge in [-0.15, -0.1) is 4.83 Å². The predicted molar refractivity (Wildman–Crippen MR) is 115 cm³/mol. The lowest BCUT2D eigenvalue weighted by atomic mass is 10.3. The van der Waals surface area contributed by atoms with E-state index in [4.69, 9.17) is 0 Å². The second-order valence-electron chi connectivity index (χ2n) is 5.90. The molecule has 30 heavy (non-hydrogen) atoms. The number of urea groups is 1. The fraction of sp³-hybridized carbons (Fsp3) is 0. The first kappa shape index (κ1) is 21.4. The maximum atomic E-state index is 12.9. The molecule has 0 aliphatic carbocycles. The number of halogens is 1. The number of amides is 2. The summed E-state index contributed by atoms with van der Waals surface area (Å²) in [5.74, 6) is 0. The topological polar surface area (TPSA) is 122 Å². The molecule has 0 aromatic heterocycles. The molecule has 2 N–H and O–H groups in total. The number of nitro groups is 1. The summed E-state index contributed by atoms with van der Waals surface area (Å²) in [5.41, 5.74) is 0.0155. The highest BCUT2D eigenvalue weighted by Crippen LogP contribution is 2.25. The van der Waals surface area contributed by atoms with E-state index in [0.717, 1.165) is 17.1 Å². The molecular formula is C19H15BrN4O5S. The Morgan fingerprint density at radius 3 is 2.20 bits per heavy atom. The zero-order valence-electron chi connectivity index (χ0n) is 15.2. The van der Waals surface area contributed by atoms with Gasteiger partial charge in [-0.1, -0.05) is 42.5 Å². The molecule has 3 aromatic rings. The van der Waals surface area contributed by atoms with E-state index < -0.39 is 31.6 Å². The Kier molecular flexibility index (Phi) is 6.45. The van der Waals surface area contributed by atoms with Gasteiger partial charge in [0.05, 0.1) is 16.3 Å². The monoisotopic (exact) mass is 490 g/mol. The third-order valence-corrected chi connectivity index (χ3v) is 5.93. The second-order valence-corrected chi connectivity index (χ2v) is 8.38. The molecule has 11 heteroatoms. The first-order valence-corrected chi connectivity index (χ1v) is 10.7. The Balaban J connectivity index is 1.99. The van der Waals surface area contributed by atoms with Crippen LogP contribution < -0.4 is 15.2 Å². The zero-order chi connectivity index (χ0) is 21.7. The Morgan fingerprint density at radius 2 is 1.53 bits per heavy atom. The van der Waals surface area contributed by atoms with Gasteiger partial charge in [-0.3, -0.25) is 10.1 Å². The second kappa shape index (κ2) is 9.03. The van der Waals surface area contributed by atoms with Crippen molar-refractivity contribution in [2.45, 2.75) is 4.90 Å². The van der Waals surface area contributed by atoms with Crippen molar-refractivity contribution < 1.29 is 18.1 Å². The van der Waals surface area contributed by atoms with Gasteiger partial charge < -0.3 is 5.32 Å². The van der Waals surface area contributed by atoms with Crippen molar-refractivity contribution in [3.8, 4) is 0 Å². The van der Waals surface area contributed by atoms with Crippen LogP contribution in [0.1, 0.15) is 0 Å². The molecule has 0 aliphatic rings. The summed E-state index contributed by atoms with van der Waals surface area (Å²) < 4.78 is 26.4. The van der Waals surface area contributed by atoms with Crippen molar-refractivity contribution >= 4 is 49.0 Å². The van der Waals surface area contributed by atoms with Crippen LogP contribution in [-0.2, 0) is 10.0 Å². The van der Waals surface area contributed by atoms with Crippen LogP contribution in [0.4, 0.5) is 21.9 Å². The third-order valence-electron chi connectivity index (χ3n) is 3.90. The molecule has 0 spiro atoms. The molecule has 154 valence electrons. The largest absolute Gasteiger partial charge is 0.341 e. The van der Waals surface area contributed by atoms with E-state index in [1.165, 1.54) is 24.3 Å². The molecule has 9 nitrogen and oxygen atoms in total. The molecule has 0 atom stereocenters. The van der Waals surface area contributed by atoms with Gasteiger partial charge in [0, 0.05) is 10.5 Å². The minimum Gasteiger partial charge on any atom is -0.305 e. The average Bonchev–Trinajstić information content (AvgIpc) is 2.74. The number of nitro benzene ring substituents is 1. The number of hydrogen-bond acceptors (Lipinski definition) is 5. The third kappa shape index (κ3) is 4.82. The Hall–Kier alpha value is -3.28. The minimum absolute atomic E-state index is 0.212. The summed E-state index contributed by atoms with van der Waals surface area (Å²) in [4.78, 5) is 24.9. The van der Waals surface area contributed by atoms with Gasteiger partial charge >= 0.3 is 6.03 Å². The number of carbonyl (C=O) groups excluding carboxylic acids is 1. The number of benzene rings is 3. The van der Waals surface area contributed by atoms with E-state index in [-0.39, 0.29) is 5.69 Å². The quantitative estimate of drug-likeness (QED) is 0.394. The maximum Gasteiger partial charge on any atom is 0.341 e. The van der Waals surface area contributed by atoms with Gasteiger partial charge in [-0.2, -0.15) is 0 Å². The number of nitrogens with one attached hydrogen (secondary N) is 2. The van der Waals surface area contributed by atoms with Crippen molar-refractivity contribution in [3.05, 3.63) is 93.4 Å². The van der Waals surface area contributed by atoms with Crippen molar-refractivity contribution in [2.24, 2.45) is 0 Å². The van der Waals surface area contributed by atoms with E-state index in [2.05, 4.69) is 26.1 Å². The highest BCUT2D eigenvalue weighted by molar-refractivity contribution is 9.10. The standard InChI is InChI=1S/C19H15BrN4O5S/c20-15-10-4-5-11-16(15)21-19(25)23(14-8-2-1-3-9-14)22-30(28,29)18-13-7-6-12-17(18)24(26)27/h1-13,22H,(H,21,25). The van der Waals surface area contributed by atoms with Crippen LogP contribution in [0.5, 0.6) is 0 Å². The van der Waals surface area contributed by atoms with E-state index in [9.17, 15) is 23.3 Å². The van der Waals surface area contributed by atoms with Crippen LogP contribution in [0.2, 0.25) is 0 Å². The van der Waals surface area contributed by atoms with Crippen molar-refractivity contribution in [2.75, 3.05) is 10.3 Å². The van der Waals surface area contributed by atoms with Crippen molar-refractivity contribution in [3.63, 3.8) is 0 Å². The van der Waals surface area contributed by atoms with Crippen molar-refractivity contribution in [1.82, 2.24) is 4.83 Å². The molecule has 0 heterocycles. The van der Waals surface area contributed by atoms with Gasteiger partial charge in [0.2, 0.25) is 0 Å². The smallest absolute Gasteiger partial charge is 0.305 e. The first-order valence-electron chi connectivity index (χ1n) is 8.46. The van der Waals surface area contributed by atoms with E-state index in [1.807, 2.05) is 0 Å². The van der Waals surface area contributed by atoms with Gasteiger partial charge in [0.25, 0.3) is 15.7 Å². The Morgan fingerprint density at radius 1 is 0.933 bits per heavy atom. The molecule has 0 fully saturated rings. The molecule has 0 saturated heterocycles. The fourth-order valence-corrected chi connectivity index (χ4v) is 4.11. The Labute approximate surface area is 180 Å². The van der Waals surface area contributed by atoms with Gasteiger partial charge in [0.15, 0.2) is 4.90 Å². The van der Waals surface area contributed by atoms with Gasteiger partial charge in [-0.05, 0) is 46.3 Å². The fourth-order valence-electron chi connectivity index (χ4n) is 2.53. The summed E-state index contributed by atoms with van der Waals surface area (Å²) in [5, 5.41) is 14.6. The zero-order valence-corrected chi connectivity index (χ0v) is 17.6. The summed E-state index contributed by atoms with van der Waals surface area (Å²) in [6.07, 6.45) is 0. The van der Waals surface area contributed by atoms with Crippen LogP contribution in [0.3, 0.4) is 0 Å². The summed E-state index contributed by atoms with van der Waals surface area (Å²) in [6, 6.07) is 18.8. The normalized spacial score (nSPS) is 11.0. The number of para-hydroxylation sites is 3. The van der Waals surface area contributed by atoms with Crippen LogP contribution in [-0.4, -0.2) is 19.4 Å². The van der Waals surface area contributed by atoms with Crippen LogP contribution in [0.25, 0.3) is 0 Å². The number of carbonyl (C=O) groups is 1. The molecule has 3 rings (SSSR count). The van der Waals surface area contributed by atoms with Crippen LogP contribution >= 0.6 is 15.9 Å². The van der Waals surface area contributed by atoms with E-state index >= 15 is 0 Å². The van der Waals surface area contributed by atoms with Gasteiger partial charge in [0.1, 0.15) is 0 Å². The SMILES string of the molecule is O=C(Nc1ccccc1Br)N(NS(=O)(=O)c1ccccc1[N+](=O)[O-])c1ccccc1. The molecule has 2 amide bonds. The number of hydrazine groups is 1.